The van der Waals surface area contributed by atoms with Crippen molar-refractivity contribution in [2.45, 2.75) is 12.5 Å². The summed E-state index contributed by atoms with van der Waals surface area (Å²) in [5.41, 5.74) is 1.86. The molecule has 1 aromatic heterocycles. The Morgan fingerprint density at radius 3 is 2.45 bits per heavy atom. The van der Waals surface area contributed by atoms with Crippen LogP contribution in [-0.4, -0.2) is 23.1 Å². The summed E-state index contributed by atoms with van der Waals surface area (Å²) < 4.78 is 0. The first kappa shape index (κ1) is 12.7. The molecule has 3 rings (SSSR count). The molecule has 1 aliphatic rings. The molecule has 1 unspecified atom stereocenters. The summed E-state index contributed by atoms with van der Waals surface area (Å²) in [5.74, 6) is -0.172. The monoisotopic (exact) mass is 265 g/mol. The molecule has 0 saturated carbocycles. The molecule has 0 radical (unpaired) electrons. The lowest BCUT2D eigenvalue weighted by Crippen LogP contribution is -2.51. The molecule has 100 valence electrons. The first-order valence-corrected chi connectivity index (χ1v) is 6.53. The summed E-state index contributed by atoms with van der Waals surface area (Å²) in [5, 5.41) is 3.30. The number of benzene rings is 1. The van der Waals surface area contributed by atoms with E-state index in [-0.39, 0.29) is 5.91 Å². The van der Waals surface area contributed by atoms with Gasteiger partial charge >= 0.3 is 0 Å². The standard InChI is InChI=1S/C16H15N3O/c1-16(13-7-9-17-10-8-13)15(20)19-14(11-18-16)12-5-3-2-4-6-12/h2-10,18H,11H2,1H3. The third-order valence-electron chi connectivity index (χ3n) is 3.64. The molecule has 4 nitrogen and oxygen atoms in total. The number of carbonyl (C=O) groups is 1. The zero-order chi connectivity index (χ0) is 14.0. The highest BCUT2D eigenvalue weighted by atomic mass is 16.2. The van der Waals surface area contributed by atoms with Crippen molar-refractivity contribution in [3.8, 4) is 0 Å². The summed E-state index contributed by atoms with van der Waals surface area (Å²) in [6.45, 7) is 2.42. The minimum absolute atomic E-state index is 0.172. The Kier molecular flexibility index (Phi) is 3.16. The summed E-state index contributed by atoms with van der Waals surface area (Å²) in [6.07, 6.45) is 3.37. The van der Waals surface area contributed by atoms with Crippen molar-refractivity contribution in [2.75, 3.05) is 6.54 Å². The van der Waals surface area contributed by atoms with Gasteiger partial charge in [0.25, 0.3) is 5.91 Å². The van der Waals surface area contributed by atoms with Crippen LogP contribution in [0.4, 0.5) is 0 Å². The van der Waals surface area contributed by atoms with Crippen LogP contribution in [0, 0.1) is 0 Å². The van der Waals surface area contributed by atoms with E-state index in [0.29, 0.717) is 6.54 Å². The number of amides is 1. The predicted molar refractivity (Wildman–Crippen MR) is 77.6 cm³/mol. The molecule has 1 aromatic carbocycles. The quantitative estimate of drug-likeness (QED) is 0.902. The first-order chi connectivity index (χ1) is 9.70. The first-order valence-electron chi connectivity index (χ1n) is 6.53. The second kappa shape index (κ2) is 4.98. The van der Waals surface area contributed by atoms with E-state index in [2.05, 4.69) is 15.3 Å². The van der Waals surface area contributed by atoms with Gasteiger partial charge in [0.1, 0.15) is 5.54 Å². The Bertz CT molecular complexity index is 652. The molecule has 0 fully saturated rings. The van der Waals surface area contributed by atoms with E-state index < -0.39 is 5.54 Å². The van der Waals surface area contributed by atoms with Crippen molar-refractivity contribution in [1.82, 2.24) is 10.3 Å². The van der Waals surface area contributed by atoms with Gasteiger partial charge in [-0.25, -0.2) is 4.99 Å². The van der Waals surface area contributed by atoms with Gasteiger partial charge in [0.05, 0.1) is 5.71 Å². The Balaban J connectivity index is 1.95. The van der Waals surface area contributed by atoms with Crippen molar-refractivity contribution in [1.29, 1.82) is 0 Å². The van der Waals surface area contributed by atoms with Crippen LogP contribution in [0.3, 0.4) is 0 Å². The van der Waals surface area contributed by atoms with E-state index in [1.165, 1.54) is 0 Å². The van der Waals surface area contributed by atoms with Crippen LogP contribution in [0.5, 0.6) is 0 Å². The van der Waals surface area contributed by atoms with E-state index in [9.17, 15) is 4.79 Å². The molecule has 4 heteroatoms. The van der Waals surface area contributed by atoms with E-state index in [4.69, 9.17) is 0 Å². The minimum atomic E-state index is -0.777. The van der Waals surface area contributed by atoms with Crippen molar-refractivity contribution in [3.63, 3.8) is 0 Å². The van der Waals surface area contributed by atoms with Crippen molar-refractivity contribution >= 4 is 11.6 Å². The summed E-state index contributed by atoms with van der Waals surface area (Å²) in [7, 11) is 0. The van der Waals surface area contributed by atoms with Crippen molar-refractivity contribution in [2.24, 2.45) is 4.99 Å². The Morgan fingerprint density at radius 1 is 1.10 bits per heavy atom. The maximum Gasteiger partial charge on any atom is 0.270 e. The zero-order valence-electron chi connectivity index (χ0n) is 11.2. The largest absolute Gasteiger partial charge is 0.294 e. The van der Waals surface area contributed by atoms with Crippen LogP contribution in [0.15, 0.2) is 59.9 Å². The minimum Gasteiger partial charge on any atom is -0.294 e. The van der Waals surface area contributed by atoms with Gasteiger partial charge in [0.15, 0.2) is 0 Å². The average Bonchev–Trinajstić information content (AvgIpc) is 2.52. The lowest BCUT2D eigenvalue weighted by Gasteiger charge is -2.32. The van der Waals surface area contributed by atoms with Crippen molar-refractivity contribution in [3.05, 3.63) is 66.0 Å². The zero-order valence-corrected chi connectivity index (χ0v) is 11.2. The summed E-state index contributed by atoms with van der Waals surface area (Å²) in [4.78, 5) is 20.7. The molecule has 0 bridgehead atoms. The maximum atomic E-state index is 12.4. The van der Waals surface area contributed by atoms with Crippen LogP contribution >= 0.6 is 0 Å². The Morgan fingerprint density at radius 2 is 1.80 bits per heavy atom. The lowest BCUT2D eigenvalue weighted by atomic mass is 9.89. The van der Waals surface area contributed by atoms with Crippen LogP contribution in [-0.2, 0) is 10.3 Å². The highest BCUT2D eigenvalue weighted by Crippen LogP contribution is 2.24. The number of hydrogen-bond acceptors (Lipinski definition) is 3. The van der Waals surface area contributed by atoms with Gasteiger partial charge in [-0.05, 0) is 30.2 Å². The number of rotatable bonds is 2. The van der Waals surface area contributed by atoms with Crippen LogP contribution in [0.2, 0.25) is 0 Å². The number of pyridine rings is 1. The third kappa shape index (κ3) is 2.14. The van der Waals surface area contributed by atoms with Crippen LogP contribution < -0.4 is 5.32 Å². The number of carbonyl (C=O) groups excluding carboxylic acids is 1. The number of aliphatic imine (C=N–C) groups is 1. The molecular formula is C16H15N3O. The number of nitrogens with one attached hydrogen (secondary N) is 1. The maximum absolute atomic E-state index is 12.4. The SMILES string of the molecule is CC1(c2ccncc2)NCC(c2ccccc2)=NC1=O. The van der Waals surface area contributed by atoms with Gasteiger partial charge < -0.3 is 0 Å². The molecule has 2 aromatic rings. The molecule has 20 heavy (non-hydrogen) atoms. The molecule has 0 spiro atoms. The summed E-state index contributed by atoms with van der Waals surface area (Å²) in [6, 6.07) is 13.4. The van der Waals surface area contributed by atoms with E-state index in [0.717, 1.165) is 16.8 Å². The number of nitrogens with zero attached hydrogens (tertiary/aromatic N) is 2. The molecular weight excluding hydrogens is 250 g/mol. The van der Waals surface area contributed by atoms with Gasteiger partial charge in [0, 0.05) is 18.9 Å². The fraction of sp³-hybridized carbons (Fsp3) is 0.188. The summed E-state index contributed by atoms with van der Waals surface area (Å²) >= 11 is 0. The van der Waals surface area contributed by atoms with E-state index in [1.54, 1.807) is 12.4 Å². The number of hydrogen-bond donors (Lipinski definition) is 1. The highest BCUT2D eigenvalue weighted by Gasteiger charge is 2.38. The molecule has 1 amide bonds. The molecule has 0 aliphatic carbocycles. The molecule has 2 heterocycles. The fourth-order valence-corrected chi connectivity index (χ4v) is 2.32. The second-order valence-corrected chi connectivity index (χ2v) is 4.94. The van der Waals surface area contributed by atoms with Crippen LogP contribution in [0.1, 0.15) is 18.1 Å². The lowest BCUT2D eigenvalue weighted by molar-refractivity contribution is -0.124. The smallest absolute Gasteiger partial charge is 0.270 e. The van der Waals surface area contributed by atoms with Gasteiger partial charge in [0.2, 0.25) is 0 Å². The normalized spacial score (nSPS) is 22.4. The van der Waals surface area contributed by atoms with Gasteiger partial charge in [-0.15, -0.1) is 0 Å². The second-order valence-electron chi connectivity index (χ2n) is 4.94. The Hall–Kier alpha value is -2.33. The molecule has 1 atom stereocenters. The van der Waals surface area contributed by atoms with Gasteiger partial charge in [-0.3, -0.25) is 15.1 Å². The molecule has 0 saturated heterocycles. The third-order valence-corrected chi connectivity index (χ3v) is 3.64. The fourth-order valence-electron chi connectivity index (χ4n) is 2.32. The highest BCUT2D eigenvalue weighted by molar-refractivity contribution is 6.11. The topological polar surface area (TPSA) is 54.4 Å². The molecule has 1 aliphatic heterocycles. The molecule has 1 N–H and O–H groups in total. The number of aromatic nitrogens is 1. The Labute approximate surface area is 117 Å². The van der Waals surface area contributed by atoms with Gasteiger partial charge in [-0.1, -0.05) is 30.3 Å². The average molecular weight is 265 g/mol. The van der Waals surface area contributed by atoms with E-state index in [1.807, 2.05) is 49.4 Å². The van der Waals surface area contributed by atoms with Gasteiger partial charge in [-0.2, -0.15) is 0 Å². The van der Waals surface area contributed by atoms with E-state index >= 15 is 0 Å². The van der Waals surface area contributed by atoms with Crippen molar-refractivity contribution < 1.29 is 4.79 Å². The van der Waals surface area contributed by atoms with Crippen LogP contribution in [0.25, 0.3) is 0 Å². The predicted octanol–water partition coefficient (Wildman–Crippen LogP) is 1.92.